The zero-order valence-corrected chi connectivity index (χ0v) is 52.5. The fourth-order valence-corrected chi connectivity index (χ4v) is 8.26. The van der Waals surface area contributed by atoms with Crippen molar-refractivity contribution in [2.45, 2.75) is 86.0 Å². The summed E-state index contributed by atoms with van der Waals surface area (Å²) in [5.74, 6) is -6.74. The lowest BCUT2D eigenvalue weighted by Gasteiger charge is -2.18. The molecule has 0 fully saturated rings. The van der Waals surface area contributed by atoms with Crippen LogP contribution in [0.25, 0.3) is 17.1 Å². The van der Waals surface area contributed by atoms with Crippen LogP contribution in [0, 0.1) is 44.1 Å². The molecule has 3 heterocycles. The molecule has 3 aromatic carbocycles. The van der Waals surface area contributed by atoms with Crippen molar-refractivity contribution < 1.29 is 75.1 Å². The van der Waals surface area contributed by atoms with Gasteiger partial charge in [-0.15, -0.1) is 0 Å². The number of rotatable bonds is 22. The van der Waals surface area contributed by atoms with Gasteiger partial charge in [-0.2, -0.15) is 0 Å². The molecular formula is C58H62Cl3F3N6O19. The smallest absolute Gasteiger partial charge is 0.335 e. The third kappa shape index (κ3) is 18.4. The van der Waals surface area contributed by atoms with Gasteiger partial charge in [-0.05, 0) is 59.7 Å². The van der Waals surface area contributed by atoms with Crippen molar-refractivity contribution in [2.75, 3.05) is 34.5 Å². The lowest BCUT2D eigenvalue weighted by Crippen LogP contribution is -2.38. The maximum Gasteiger partial charge on any atom is 0.335 e. The molecule has 31 heteroatoms. The van der Waals surface area contributed by atoms with E-state index in [9.17, 15) is 70.7 Å². The lowest BCUT2D eigenvalue weighted by molar-refractivity contribution is -0.148. The van der Waals surface area contributed by atoms with Gasteiger partial charge < -0.3 is 46.9 Å². The molecule has 25 nitrogen and oxygen atoms in total. The van der Waals surface area contributed by atoms with Crippen molar-refractivity contribution in [3.8, 4) is 34.3 Å². The molecule has 0 aliphatic carbocycles. The van der Waals surface area contributed by atoms with Gasteiger partial charge in [-0.3, -0.25) is 38.4 Å². The van der Waals surface area contributed by atoms with E-state index in [2.05, 4.69) is 14.2 Å². The number of ketones is 3. The Morgan fingerprint density at radius 2 is 0.775 bits per heavy atom. The second-order valence-electron chi connectivity index (χ2n) is 19.6. The molecule has 0 saturated heterocycles. The summed E-state index contributed by atoms with van der Waals surface area (Å²) >= 11 is 18.0. The topological polar surface area (TPSA) is 299 Å². The van der Waals surface area contributed by atoms with Crippen LogP contribution in [0.4, 0.5) is 13.2 Å². The molecule has 0 aliphatic heterocycles. The standard InChI is InChI=1S/C20H22ClFN2O6.C19H20ClFN2O7.C19H20ClFN2O6/c1-10(19(27)29-5)6-16(25)12(3)30-17-9-15(14(22)8-13(17)21)24-18(26)7-11(2)23(4)20(24)28;1-10-5-17(25)23(19(27)22(10)3)14-7-16(12(20)6-13(14)21)30-11(2)15(24)8-29-9-18(26)28-4;1-10-7-17(25)23(19(27)22(10)3)14-9-16(12(20)8-13(14)21)29-11(2)15(24)5-6-18(26)28-4/h7-10,12H,6H2,1-5H3;5-7,11H,8-9H2,1-4H3;7-9,11H,5-6H2,1-4H3. The van der Waals surface area contributed by atoms with Crippen molar-refractivity contribution in [1.82, 2.24) is 27.4 Å². The Hall–Kier alpha value is -8.86. The molecule has 89 heavy (non-hydrogen) atoms. The van der Waals surface area contributed by atoms with Crippen molar-refractivity contribution in [3.63, 3.8) is 0 Å². The summed E-state index contributed by atoms with van der Waals surface area (Å²) in [7, 11) is 7.95. The normalized spacial score (nSPS) is 12.2. The van der Waals surface area contributed by atoms with Crippen molar-refractivity contribution >= 4 is 70.1 Å². The Labute approximate surface area is 519 Å². The van der Waals surface area contributed by atoms with Crippen LogP contribution in [-0.2, 0) is 68.9 Å². The second kappa shape index (κ2) is 31.9. The highest BCUT2D eigenvalue weighted by Gasteiger charge is 2.27. The van der Waals surface area contributed by atoms with E-state index in [1.165, 1.54) is 95.1 Å². The molecule has 0 spiro atoms. The number of nitrogens with zero attached hydrogens (tertiary/aromatic N) is 6. The number of carbonyl (C=O) groups excluding carboxylic acids is 6. The van der Waals surface area contributed by atoms with Crippen LogP contribution >= 0.6 is 34.8 Å². The van der Waals surface area contributed by atoms with Crippen molar-refractivity contribution in [1.29, 1.82) is 0 Å². The molecule has 0 aliphatic rings. The van der Waals surface area contributed by atoms with E-state index in [-0.39, 0.29) is 68.6 Å². The fraction of sp³-hybridized carbons (Fsp3) is 0.379. The molecule has 0 saturated carbocycles. The predicted molar refractivity (Wildman–Crippen MR) is 316 cm³/mol. The minimum absolute atomic E-state index is 0.0866. The largest absolute Gasteiger partial charge is 0.481 e. The molecule has 4 atom stereocenters. The molecule has 4 unspecified atom stereocenters. The number of halogens is 6. The highest BCUT2D eigenvalue weighted by Crippen LogP contribution is 2.33. The maximum atomic E-state index is 14.5. The van der Waals surface area contributed by atoms with Crippen LogP contribution in [0.3, 0.4) is 0 Å². The van der Waals surface area contributed by atoms with Crippen LogP contribution in [-0.4, -0.2) is 116 Å². The van der Waals surface area contributed by atoms with Crippen LogP contribution in [0.5, 0.6) is 17.2 Å². The monoisotopic (exact) mass is 1310 g/mol. The number of hydrogen-bond acceptors (Lipinski definition) is 19. The number of methoxy groups -OCH3 is 3. The molecule has 0 radical (unpaired) electrons. The van der Waals surface area contributed by atoms with Gasteiger partial charge in [0.1, 0.15) is 47.9 Å². The summed E-state index contributed by atoms with van der Waals surface area (Å²) in [5, 5.41) is -0.451. The quantitative estimate of drug-likeness (QED) is 0.0618. The zero-order valence-electron chi connectivity index (χ0n) is 50.2. The first-order chi connectivity index (χ1) is 41.6. The SMILES string of the molecule is COC(=O)C(C)CC(=O)C(C)Oc1cc(-n2c(=O)cc(C)n(C)c2=O)c(F)cc1Cl.COC(=O)CCC(=O)C(C)Oc1cc(-n2c(=O)cc(C)n(C)c2=O)c(F)cc1Cl.COC(=O)COCC(=O)C(C)Oc1cc(-n2c(=O)cc(C)n(C)c2=O)c(F)cc1Cl. The molecule has 6 rings (SSSR count). The summed E-state index contributed by atoms with van der Waals surface area (Å²) in [6.45, 7) is 9.70. The Kier molecular flexibility index (Phi) is 26.0. The first-order valence-electron chi connectivity index (χ1n) is 26.3. The van der Waals surface area contributed by atoms with Crippen LogP contribution in [0.15, 0.2) is 83.4 Å². The summed E-state index contributed by atoms with van der Waals surface area (Å²) < 4.78 is 83.9. The molecular weight excluding hydrogens is 1250 g/mol. The van der Waals surface area contributed by atoms with Gasteiger partial charge in [0.25, 0.3) is 16.7 Å². The number of esters is 3. The highest BCUT2D eigenvalue weighted by atomic mass is 35.5. The van der Waals surface area contributed by atoms with E-state index in [0.717, 1.165) is 36.4 Å². The van der Waals surface area contributed by atoms with Gasteiger partial charge in [0.2, 0.25) is 0 Å². The van der Waals surface area contributed by atoms with E-state index >= 15 is 0 Å². The van der Waals surface area contributed by atoms with Gasteiger partial charge >= 0.3 is 35.0 Å². The van der Waals surface area contributed by atoms with E-state index in [1.807, 2.05) is 0 Å². The zero-order chi connectivity index (χ0) is 67.2. The van der Waals surface area contributed by atoms with Gasteiger partial charge in [0, 0.05) is 87.5 Å². The first-order valence-corrected chi connectivity index (χ1v) is 27.5. The van der Waals surface area contributed by atoms with Crippen molar-refractivity contribution in [3.05, 3.63) is 167 Å². The summed E-state index contributed by atoms with van der Waals surface area (Å²) in [5.41, 5.74) is -4.30. The maximum absolute atomic E-state index is 14.5. The molecule has 0 bridgehead atoms. The minimum Gasteiger partial charge on any atom is -0.481 e. The van der Waals surface area contributed by atoms with Gasteiger partial charge in [-0.1, -0.05) is 41.7 Å². The Balaban J connectivity index is 0.000000285. The number of ether oxygens (including phenoxy) is 7. The van der Waals surface area contributed by atoms with Crippen LogP contribution in [0.1, 0.15) is 64.0 Å². The van der Waals surface area contributed by atoms with E-state index in [1.54, 1.807) is 27.7 Å². The summed E-state index contributed by atoms with van der Waals surface area (Å²) in [6, 6.07) is 9.46. The molecule has 3 aromatic heterocycles. The Morgan fingerprint density at radius 3 is 1.10 bits per heavy atom. The number of hydrogen-bond donors (Lipinski definition) is 0. The molecule has 0 amide bonds. The van der Waals surface area contributed by atoms with Gasteiger partial charge in [0.05, 0.1) is 65.8 Å². The minimum atomic E-state index is -1.07. The number of benzene rings is 3. The summed E-state index contributed by atoms with van der Waals surface area (Å²) in [6.07, 6.45) is -3.45. The third-order valence-corrected chi connectivity index (χ3v) is 14.2. The van der Waals surface area contributed by atoms with Crippen LogP contribution < -0.4 is 48.0 Å². The number of aryl methyl sites for hydroxylation is 3. The van der Waals surface area contributed by atoms with E-state index in [4.69, 9.17) is 53.8 Å². The molecule has 480 valence electrons. The molecule has 0 N–H and O–H groups in total. The number of aromatic nitrogens is 6. The van der Waals surface area contributed by atoms with Crippen molar-refractivity contribution in [2.24, 2.45) is 27.1 Å². The predicted octanol–water partition coefficient (Wildman–Crippen LogP) is 5.26. The summed E-state index contributed by atoms with van der Waals surface area (Å²) in [4.78, 5) is 145. The average Bonchev–Trinajstić information content (AvgIpc) is 0.872. The van der Waals surface area contributed by atoms with Gasteiger partial charge in [0.15, 0.2) is 35.7 Å². The Morgan fingerprint density at radius 1 is 0.449 bits per heavy atom. The van der Waals surface area contributed by atoms with Gasteiger partial charge in [-0.25, -0.2) is 46.1 Å². The third-order valence-electron chi connectivity index (χ3n) is 13.3. The highest BCUT2D eigenvalue weighted by molar-refractivity contribution is 6.32. The fourth-order valence-electron chi connectivity index (χ4n) is 7.67. The Bertz CT molecular complexity index is 4100. The first kappa shape index (κ1) is 72.6. The number of Topliss-reactive ketones (excluding diaryl/α,β-unsaturated/α-hetero) is 3. The average molecular weight is 1310 g/mol. The van der Waals surface area contributed by atoms with E-state index in [0.29, 0.717) is 30.8 Å². The van der Waals surface area contributed by atoms with E-state index < -0.39 is 124 Å². The van der Waals surface area contributed by atoms with Crippen LogP contribution in [0.2, 0.25) is 15.1 Å². The second-order valence-corrected chi connectivity index (χ2v) is 20.8. The molecule has 6 aromatic rings. The lowest BCUT2D eigenvalue weighted by atomic mass is 10.0. The number of carbonyl (C=O) groups is 6.